The maximum atomic E-state index is 14.1. The summed E-state index contributed by atoms with van der Waals surface area (Å²) in [6.07, 6.45) is 4.15. The van der Waals surface area contributed by atoms with Crippen LogP contribution in [0.4, 0.5) is 20.3 Å². The summed E-state index contributed by atoms with van der Waals surface area (Å²) in [5, 5.41) is 2.51. The zero-order chi connectivity index (χ0) is 19.7. The Kier molecular flexibility index (Phi) is 8.21. The summed E-state index contributed by atoms with van der Waals surface area (Å²) in [6, 6.07) is 8.72. The number of nitrogens with zero attached hydrogens (tertiary/aromatic N) is 3. The number of hydrogen-bond acceptors (Lipinski definition) is 3. The van der Waals surface area contributed by atoms with Gasteiger partial charge < -0.3 is 14.6 Å². The predicted molar refractivity (Wildman–Crippen MR) is 105 cm³/mol. The van der Waals surface area contributed by atoms with Gasteiger partial charge in [-0.15, -0.1) is 0 Å². The number of amides is 1. The molecule has 0 aliphatic heterocycles. The van der Waals surface area contributed by atoms with E-state index in [9.17, 15) is 13.6 Å². The number of fused-ring (bicyclic) bond motifs is 1. The highest BCUT2D eigenvalue weighted by Crippen LogP contribution is 2.32. The highest BCUT2D eigenvalue weighted by atomic mass is 19.1. The summed E-state index contributed by atoms with van der Waals surface area (Å²) < 4.78 is 25.4. The van der Waals surface area contributed by atoms with E-state index in [2.05, 4.69) is 10.3 Å². The lowest BCUT2D eigenvalue weighted by Gasteiger charge is -2.18. The number of imidazole rings is 1. The van der Waals surface area contributed by atoms with Gasteiger partial charge in [-0.2, -0.15) is 0 Å². The zero-order valence-corrected chi connectivity index (χ0v) is 15.6. The molecule has 2 heterocycles. The number of alkyl halides is 1. The number of carbonyl (C=O) groups is 1. The number of aromatic nitrogens is 2. The fourth-order valence-corrected chi connectivity index (χ4v) is 2.48. The molecule has 3 aromatic rings. The summed E-state index contributed by atoms with van der Waals surface area (Å²) in [5.41, 5.74) is 2.90. The normalized spacial score (nSPS) is 9.50. The number of para-hydroxylation sites is 1. The number of rotatable bonds is 4. The highest BCUT2D eigenvalue weighted by Gasteiger charge is 2.13. The lowest BCUT2D eigenvalue weighted by molar-refractivity contribution is -0.105. The Balaban J connectivity index is 0.00000127. The van der Waals surface area contributed by atoms with E-state index in [1.54, 1.807) is 21.6 Å². The maximum Gasteiger partial charge on any atom is 0.212 e. The number of anilines is 2. The summed E-state index contributed by atoms with van der Waals surface area (Å²) in [7, 11) is 4.12. The van der Waals surface area contributed by atoms with Gasteiger partial charge in [0, 0.05) is 32.8 Å². The van der Waals surface area contributed by atoms with E-state index in [-0.39, 0.29) is 7.24 Å². The third-order valence-corrected chi connectivity index (χ3v) is 3.40. The molecule has 0 aliphatic carbocycles. The molecule has 142 valence electrons. The summed E-state index contributed by atoms with van der Waals surface area (Å²) in [4.78, 5) is 16.5. The van der Waals surface area contributed by atoms with Gasteiger partial charge in [0.05, 0.1) is 19.1 Å². The number of pyridine rings is 1. The molecular formula is C19H26F2N4O. The first-order valence-electron chi connectivity index (χ1n) is 8.13. The molecule has 7 heteroatoms. The predicted octanol–water partition coefficient (Wildman–Crippen LogP) is 4.63. The van der Waals surface area contributed by atoms with Crippen molar-refractivity contribution >= 4 is 23.6 Å². The molecule has 0 unspecified atom stereocenters. The summed E-state index contributed by atoms with van der Waals surface area (Å²) in [5.74, 6) is 0.204. The molecular weight excluding hydrogens is 338 g/mol. The first-order chi connectivity index (χ1) is 12.6. The van der Waals surface area contributed by atoms with Crippen LogP contribution in [0.1, 0.15) is 15.3 Å². The average molecular weight is 364 g/mol. The minimum Gasteiger partial charge on any atom is -0.375 e. The third kappa shape index (κ3) is 4.56. The van der Waals surface area contributed by atoms with Gasteiger partial charge in [-0.05, 0) is 18.2 Å². The van der Waals surface area contributed by atoms with Gasteiger partial charge >= 0.3 is 0 Å². The Morgan fingerprint density at radius 1 is 1.15 bits per heavy atom. The SMILES string of the molecule is CC.CF.CN(C)c1c(F)cccc1-c1ccc2nc(NC=O)cn2c1.[HH]. The third-order valence-electron chi connectivity index (χ3n) is 3.40. The van der Waals surface area contributed by atoms with Crippen LogP contribution in [0.5, 0.6) is 0 Å². The monoisotopic (exact) mass is 364 g/mol. The van der Waals surface area contributed by atoms with E-state index in [0.717, 1.165) is 11.1 Å². The molecule has 0 saturated heterocycles. The second-order valence-electron chi connectivity index (χ2n) is 5.10. The smallest absolute Gasteiger partial charge is 0.212 e. The van der Waals surface area contributed by atoms with Gasteiger partial charge in [0.1, 0.15) is 11.5 Å². The van der Waals surface area contributed by atoms with Crippen molar-refractivity contribution < 1.29 is 15.0 Å². The van der Waals surface area contributed by atoms with Crippen LogP contribution < -0.4 is 10.2 Å². The molecule has 1 amide bonds. The fraction of sp³-hybridized carbons (Fsp3) is 0.263. The molecule has 0 atom stereocenters. The number of carbonyl (C=O) groups excluding carboxylic acids is 1. The lowest BCUT2D eigenvalue weighted by Crippen LogP contribution is -2.12. The molecule has 0 saturated carbocycles. The first-order valence-corrected chi connectivity index (χ1v) is 8.13. The van der Waals surface area contributed by atoms with Crippen LogP contribution in [-0.4, -0.2) is 37.1 Å². The standard InChI is InChI=1S/C16H15FN4O.C2H6.CH3F.H2/c1-20(2)16-12(4-3-5-13(16)17)11-6-7-15-19-14(18-10-22)9-21(15)8-11;2*1-2;/h3-10H,1-2H3,(H,18,22);1-2H3;1H3;1H. The fourth-order valence-electron chi connectivity index (χ4n) is 2.48. The molecule has 0 radical (unpaired) electrons. The molecule has 26 heavy (non-hydrogen) atoms. The lowest BCUT2D eigenvalue weighted by atomic mass is 10.0. The molecule has 0 fully saturated rings. The van der Waals surface area contributed by atoms with Crippen molar-refractivity contribution in [2.24, 2.45) is 0 Å². The van der Waals surface area contributed by atoms with Crippen LogP contribution in [0, 0.1) is 5.82 Å². The summed E-state index contributed by atoms with van der Waals surface area (Å²) in [6.45, 7) is 4.00. The van der Waals surface area contributed by atoms with Crippen molar-refractivity contribution in [1.82, 2.24) is 9.38 Å². The summed E-state index contributed by atoms with van der Waals surface area (Å²) >= 11 is 0. The van der Waals surface area contributed by atoms with Crippen LogP contribution in [0.15, 0.2) is 42.7 Å². The van der Waals surface area contributed by atoms with Crippen molar-refractivity contribution in [2.75, 3.05) is 31.5 Å². The van der Waals surface area contributed by atoms with Gasteiger partial charge in [-0.1, -0.05) is 26.0 Å². The van der Waals surface area contributed by atoms with E-state index in [4.69, 9.17) is 0 Å². The van der Waals surface area contributed by atoms with Crippen molar-refractivity contribution in [1.29, 1.82) is 0 Å². The highest BCUT2D eigenvalue weighted by molar-refractivity contribution is 5.79. The molecule has 0 spiro atoms. The molecule has 0 bridgehead atoms. The van der Waals surface area contributed by atoms with Crippen LogP contribution in [0.3, 0.4) is 0 Å². The van der Waals surface area contributed by atoms with E-state index in [1.807, 2.05) is 52.3 Å². The van der Waals surface area contributed by atoms with Gasteiger partial charge in [-0.25, -0.2) is 9.37 Å². The van der Waals surface area contributed by atoms with E-state index in [0.29, 0.717) is 30.7 Å². The second-order valence-corrected chi connectivity index (χ2v) is 5.10. The van der Waals surface area contributed by atoms with Crippen molar-refractivity contribution in [3.05, 3.63) is 48.5 Å². The molecule has 0 aliphatic rings. The van der Waals surface area contributed by atoms with E-state index < -0.39 is 0 Å². The molecule has 2 aromatic heterocycles. The van der Waals surface area contributed by atoms with Crippen LogP contribution >= 0.6 is 0 Å². The largest absolute Gasteiger partial charge is 0.375 e. The van der Waals surface area contributed by atoms with Crippen molar-refractivity contribution in [3.63, 3.8) is 0 Å². The Morgan fingerprint density at radius 2 is 1.85 bits per heavy atom. The van der Waals surface area contributed by atoms with Gasteiger partial charge in [0.25, 0.3) is 0 Å². The molecule has 3 rings (SSSR count). The molecule has 1 aromatic carbocycles. The van der Waals surface area contributed by atoms with Crippen molar-refractivity contribution in [3.8, 4) is 11.1 Å². The quantitative estimate of drug-likeness (QED) is 0.687. The van der Waals surface area contributed by atoms with Gasteiger partial charge in [0.15, 0.2) is 5.82 Å². The van der Waals surface area contributed by atoms with Crippen LogP contribution in [-0.2, 0) is 4.79 Å². The Morgan fingerprint density at radius 3 is 2.46 bits per heavy atom. The first kappa shape index (κ1) is 21.1. The average Bonchev–Trinajstić information content (AvgIpc) is 3.06. The zero-order valence-electron chi connectivity index (χ0n) is 15.6. The number of halogens is 2. The van der Waals surface area contributed by atoms with Crippen molar-refractivity contribution in [2.45, 2.75) is 13.8 Å². The Hall–Kier alpha value is -2.96. The number of benzene rings is 1. The van der Waals surface area contributed by atoms with Gasteiger partial charge in [0.2, 0.25) is 6.41 Å². The van der Waals surface area contributed by atoms with Crippen LogP contribution in [0.2, 0.25) is 0 Å². The number of nitrogens with one attached hydrogen (secondary N) is 1. The Labute approximate surface area is 153 Å². The minimum absolute atomic E-state index is 0. The Bertz CT molecular complexity index is 853. The minimum atomic E-state index is -0.267. The molecule has 5 nitrogen and oxygen atoms in total. The second kappa shape index (κ2) is 10.1. The number of hydrogen-bond donors (Lipinski definition) is 1. The van der Waals surface area contributed by atoms with E-state index in [1.165, 1.54) is 6.07 Å². The topological polar surface area (TPSA) is 49.6 Å². The van der Waals surface area contributed by atoms with Crippen LogP contribution in [0.25, 0.3) is 16.8 Å². The maximum absolute atomic E-state index is 14.1. The molecule has 1 N–H and O–H groups in total. The van der Waals surface area contributed by atoms with Gasteiger partial charge in [-0.3, -0.25) is 9.18 Å². The van der Waals surface area contributed by atoms with E-state index >= 15 is 0 Å².